The maximum absolute atomic E-state index is 13.8. The Bertz CT molecular complexity index is 1480. The average molecular weight is 634 g/mol. The number of aromatic nitrogens is 1. The number of hydrogen-bond donors (Lipinski definition) is 0. The Balaban J connectivity index is 0.00000353. The zero-order chi connectivity index (χ0) is 27.4. The third-order valence-corrected chi connectivity index (χ3v) is 11.7. The van der Waals surface area contributed by atoms with Gasteiger partial charge in [-0.05, 0) is 23.6 Å². The highest BCUT2D eigenvalue weighted by atomic mass is 35.5. The van der Waals surface area contributed by atoms with Gasteiger partial charge in [-0.25, -0.2) is 23.4 Å². The molecule has 2 aliphatic heterocycles. The summed E-state index contributed by atoms with van der Waals surface area (Å²) < 4.78 is 29.9. The summed E-state index contributed by atoms with van der Waals surface area (Å²) >= 11 is 8.64. The average Bonchev–Trinajstić information content (AvgIpc) is 3.47. The highest BCUT2D eigenvalue weighted by Crippen LogP contribution is 2.35. The lowest BCUT2D eigenvalue weighted by Gasteiger charge is -2.40. The molecule has 3 aromatic rings. The molecule has 212 valence electrons. The van der Waals surface area contributed by atoms with E-state index in [0.717, 1.165) is 32.0 Å². The van der Waals surface area contributed by atoms with Crippen molar-refractivity contribution in [3.63, 3.8) is 0 Å². The minimum Gasteiger partial charge on any atom is -0.349 e. The van der Waals surface area contributed by atoms with Crippen molar-refractivity contribution in [1.82, 2.24) is 29.1 Å². The highest BCUT2D eigenvalue weighted by molar-refractivity contribution is 7.91. The Labute approximate surface area is 247 Å². The van der Waals surface area contributed by atoms with Gasteiger partial charge in [-0.2, -0.15) is 4.31 Å². The molecule has 10 nitrogen and oxygen atoms in total. The Kier molecular flexibility index (Phi) is 8.94. The van der Waals surface area contributed by atoms with Crippen LogP contribution in [0, 0.1) is 0 Å². The molecule has 0 saturated carbocycles. The molecule has 39 heavy (non-hydrogen) atoms. The van der Waals surface area contributed by atoms with Crippen molar-refractivity contribution < 1.29 is 18.0 Å². The second kappa shape index (κ2) is 11.6. The number of piperazine rings is 1. The summed E-state index contributed by atoms with van der Waals surface area (Å²) in [5, 5.41) is 5.84. The lowest BCUT2D eigenvalue weighted by Crippen LogP contribution is -2.57. The van der Waals surface area contributed by atoms with Crippen LogP contribution in [-0.2, 0) is 27.9 Å². The van der Waals surface area contributed by atoms with Gasteiger partial charge in [0.1, 0.15) is 4.21 Å². The van der Waals surface area contributed by atoms with Gasteiger partial charge < -0.3 is 9.80 Å². The Morgan fingerprint density at radius 3 is 2.54 bits per heavy atom. The number of thiazole rings is 1. The number of fused-ring (bicyclic) bond motifs is 2. The third kappa shape index (κ3) is 5.96. The number of thiophene rings is 1. The smallest absolute Gasteiger partial charge is 0.282 e. The van der Waals surface area contributed by atoms with Crippen LogP contribution in [0.3, 0.4) is 0 Å². The van der Waals surface area contributed by atoms with E-state index < -0.39 is 16.1 Å². The number of amides is 2. The predicted molar refractivity (Wildman–Crippen MR) is 156 cm³/mol. The normalized spacial score (nSPS) is 19.1. The molecule has 15 heteroatoms. The van der Waals surface area contributed by atoms with Gasteiger partial charge in [-0.15, -0.1) is 35.1 Å². The maximum atomic E-state index is 13.8. The minimum absolute atomic E-state index is 0. The van der Waals surface area contributed by atoms with E-state index in [1.165, 1.54) is 20.5 Å². The summed E-state index contributed by atoms with van der Waals surface area (Å²) in [5.41, 5.74) is 0.893. The van der Waals surface area contributed by atoms with Gasteiger partial charge in [0.2, 0.25) is 5.91 Å². The van der Waals surface area contributed by atoms with Crippen LogP contribution >= 0.6 is 46.7 Å². The largest absolute Gasteiger partial charge is 0.349 e. The fourth-order valence-electron chi connectivity index (χ4n) is 4.64. The molecule has 2 aliphatic rings. The molecule has 2 aromatic heterocycles. The van der Waals surface area contributed by atoms with E-state index in [1.54, 1.807) is 43.3 Å². The zero-order valence-corrected chi connectivity index (χ0v) is 26.0. The summed E-state index contributed by atoms with van der Waals surface area (Å²) in [6.45, 7) is 1.72. The van der Waals surface area contributed by atoms with Gasteiger partial charge in [0.15, 0.2) is 5.01 Å². The van der Waals surface area contributed by atoms with E-state index in [0.29, 0.717) is 23.1 Å². The van der Waals surface area contributed by atoms with Gasteiger partial charge in [0, 0.05) is 75.4 Å². The van der Waals surface area contributed by atoms with Gasteiger partial charge in [-0.1, -0.05) is 17.7 Å². The lowest BCUT2D eigenvalue weighted by molar-refractivity contribution is -0.129. The molecular weight excluding hydrogens is 603 g/mol. The van der Waals surface area contributed by atoms with E-state index in [9.17, 15) is 18.0 Å². The quantitative estimate of drug-likeness (QED) is 0.426. The number of hydrogen-bond acceptors (Lipinski definition) is 9. The van der Waals surface area contributed by atoms with Crippen LogP contribution in [0.2, 0.25) is 5.02 Å². The summed E-state index contributed by atoms with van der Waals surface area (Å²) in [5.74, 6) is -0.436. The van der Waals surface area contributed by atoms with Crippen LogP contribution in [0.1, 0.15) is 26.8 Å². The fraction of sp³-hybridized carbons (Fsp3) is 0.458. The maximum Gasteiger partial charge on any atom is 0.282 e. The molecular formula is C24H30Cl2N6O4S3. The number of hydrazine groups is 1. The predicted octanol–water partition coefficient (Wildman–Crippen LogP) is 3.22. The van der Waals surface area contributed by atoms with Gasteiger partial charge in [0.05, 0.1) is 18.3 Å². The number of benzene rings is 1. The van der Waals surface area contributed by atoms with Crippen molar-refractivity contribution in [2.45, 2.75) is 29.8 Å². The molecule has 0 spiro atoms. The second-order valence-corrected chi connectivity index (χ2v) is 14.5. The summed E-state index contributed by atoms with van der Waals surface area (Å²) in [4.78, 5) is 34.9. The summed E-state index contributed by atoms with van der Waals surface area (Å²) in [6.07, 6.45) is -0.0311. The van der Waals surface area contributed by atoms with Crippen molar-refractivity contribution in [1.29, 1.82) is 0 Å². The highest BCUT2D eigenvalue weighted by Gasteiger charge is 2.40. The summed E-state index contributed by atoms with van der Waals surface area (Å²) in [7, 11) is 3.32. The van der Waals surface area contributed by atoms with E-state index in [4.69, 9.17) is 11.6 Å². The molecule has 1 unspecified atom stereocenters. The Hall–Kier alpha value is -1.84. The molecule has 1 fully saturated rings. The third-order valence-electron chi connectivity index (χ3n) is 6.94. The Morgan fingerprint density at radius 1 is 1.10 bits per heavy atom. The molecule has 1 saturated heterocycles. The van der Waals surface area contributed by atoms with Crippen molar-refractivity contribution in [2.24, 2.45) is 0 Å². The number of rotatable bonds is 5. The van der Waals surface area contributed by atoms with Gasteiger partial charge in [-0.3, -0.25) is 9.59 Å². The van der Waals surface area contributed by atoms with Crippen molar-refractivity contribution in [3.05, 3.63) is 44.9 Å². The first-order valence-electron chi connectivity index (χ1n) is 12.0. The molecule has 2 amide bonds. The topological polar surface area (TPSA) is 97.4 Å². The first kappa shape index (κ1) is 30.1. The van der Waals surface area contributed by atoms with Crippen molar-refractivity contribution in [3.8, 4) is 0 Å². The molecule has 0 bridgehead atoms. The van der Waals surface area contributed by atoms with Gasteiger partial charge >= 0.3 is 0 Å². The Morgan fingerprint density at radius 2 is 1.82 bits per heavy atom. The standard InChI is InChI=1S/C24H29ClN6O4S3.ClH/c1-27(2)21(32)11-17-12-30(24(33)23-26-18-13-28(3)29(4)14-20(18)37-23)7-8-31(17)38(34,35)22-9-15-5-6-16(25)10-19(15)36-22;/h5-6,9-10,17H,7-8,11-14H2,1-4H3;1H. The number of carbonyl (C=O) groups is 2. The second-order valence-electron chi connectivity index (χ2n) is 9.78. The fourth-order valence-corrected chi connectivity index (χ4v) is 9.13. The van der Waals surface area contributed by atoms with E-state index >= 15 is 0 Å². The van der Waals surface area contributed by atoms with Crippen LogP contribution in [-0.4, -0.2) is 103 Å². The number of sulfonamides is 1. The number of halogens is 2. The van der Waals surface area contributed by atoms with Gasteiger partial charge in [0.25, 0.3) is 15.9 Å². The van der Waals surface area contributed by atoms with Crippen LogP contribution in [0.4, 0.5) is 0 Å². The molecule has 0 radical (unpaired) electrons. The molecule has 0 aliphatic carbocycles. The van der Waals surface area contributed by atoms with Crippen LogP contribution in [0.15, 0.2) is 28.5 Å². The van der Waals surface area contributed by atoms with Crippen LogP contribution in [0.25, 0.3) is 10.1 Å². The molecule has 4 heterocycles. The zero-order valence-electron chi connectivity index (χ0n) is 22.0. The van der Waals surface area contributed by atoms with E-state index in [1.807, 2.05) is 19.1 Å². The first-order valence-corrected chi connectivity index (χ1v) is 15.5. The van der Waals surface area contributed by atoms with Crippen LogP contribution in [0.5, 0.6) is 0 Å². The van der Waals surface area contributed by atoms with Crippen molar-refractivity contribution in [2.75, 3.05) is 47.8 Å². The van der Waals surface area contributed by atoms with Crippen LogP contribution < -0.4 is 0 Å². The number of nitrogens with zero attached hydrogens (tertiary/aromatic N) is 6. The van der Waals surface area contributed by atoms with E-state index in [2.05, 4.69) is 9.99 Å². The first-order chi connectivity index (χ1) is 17.9. The van der Waals surface area contributed by atoms with Crippen molar-refractivity contribution >= 4 is 78.6 Å². The number of carbonyl (C=O) groups excluding carboxylic acids is 2. The lowest BCUT2D eigenvalue weighted by atomic mass is 10.1. The monoisotopic (exact) mass is 632 g/mol. The molecule has 1 atom stereocenters. The molecule has 0 N–H and O–H groups in total. The van der Waals surface area contributed by atoms with E-state index in [-0.39, 0.29) is 54.5 Å². The minimum atomic E-state index is -3.91. The summed E-state index contributed by atoms with van der Waals surface area (Å²) in [6, 6.07) is 6.20. The SMILES string of the molecule is CN(C)C(=O)CC1CN(C(=O)c2nc3c(s2)CN(C)N(C)C3)CCN1S(=O)(=O)c1cc2ccc(Cl)cc2s1.Cl. The molecule has 1 aromatic carbocycles. The molecule has 5 rings (SSSR count).